The molecule has 1 saturated heterocycles. The van der Waals surface area contributed by atoms with Gasteiger partial charge in [-0.05, 0) is 75.2 Å². The average molecular weight is 610 g/mol. The van der Waals surface area contributed by atoms with E-state index in [-0.39, 0.29) is 18.7 Å². The van der Waals surface area contributed by atoms with Crippen LogP contribution in [-0.4, -0.2) is 61.3 Å². The highest BCUT2D eigenvalue weighted by Gasteiger charge is 2.24. The lowest BCUT2D eigenvalue weighted by molar-refractivity contribution is 0.0956. The largest absolute Gasteiger partial charge is 0.341 e. The van der Waals surface area contributed by atoms with Crippen molar-refractivity contribution >= 4 is 27.8 Å². The zero-order valence-corrected chi connectivity index (χ0v) is 25.4. The highest BCUT2D eigenvalue weighted by Crippen LogP contribution is 2.32. The molecule has 9 nitrogen and oxygen atoms in total. The highest BCUT2D eigenvalue weighted by molar-refractivity contribution is 6.03. The lowest BCUT2D eigenvalue weighted by Crippen LogP contribution is -2.35. The summed E-state index contributed by atoms with van der Waals surface area (Å²) in [6.07, 6.45) is 3.96. The Hall–Kier alpha value is -4.95. The van der Waals surface area contributed by atoms with E-state index in [2.05, 4.69) is 43.6 Å². The Labute approximate surface area is 258 Å². The van der Waals surface area contributed by atoms with Gasteiger partial charge in [-0.25, -0.2) is 18.4 Å². The first kappa shape index (κ1) is 30.1. The third-order valence-corrected chi connectivity index (χ3v) is 8.29. The van der Waals surface area contributed by atoms with Crippen LogP contribution in [0.3, 0.4) is 0 Å². The third-order valence-electron chi connectivity index (χ3n) is 8.29. The molecule has 0 saturated carbocycles. The summed E-state index contributed by atoms with van der Waals surface area (Å²) in [6.45, 7) is 8.97. The van der Waals surface area contributed by atoms with E-state index in [4.69, 9.17) is 4.98 Å². The summed E-state index contributed by atoms with van der Waals surface area (Å²) >= 11 is 0. The molecule has 1 N–H and O–H groups in total. The number of halogens is 2. The van der Waals surface area contributed by atoms with E-state index in [9.17, 15) is 18.4 Å². The summed E-state index contributed by atoms with van der Waals surface area (Å²) in [5, 5.41) is 7.82. The molecule has 0 radical (unpaired) electrons. The summed E-state index contributed by atoms with van der Waals surface area (Å²) in [4.78, 5) is 37.8. The molecule has 11 heteroatoms. The van der Waals surface area contributed by atoms with E-state index < -0.39 is 23.1 Å². The summed E-state index contributed by atoms with van der Waals surface area (Å²) in [7, 11) is 0. The van der Waals surface area contributed by atoms with Crippen molar-refractivity contribution < 1.29 is 13.6 Å². The van der Waals surface area contributed by atoms with E-state index in [1.807, 2.05) is 31.3 Å². The van der Waals surface area contributed by atoms with E-state index in [0.717, 1.165) is 82.6 Å². The van der Waals surface area contributed by atoms with Gasteiger partial charge in [0.05, 0.1) is 36.0 Å². The number of nitrogens with one attached hydrogen (secondary N) is 1. The molecule has 6 rings (SSSR count). The number of hydrogen-bond donors (Lipinski definition) is 1. The van der Waals surface area contributed by atoms with Gasteiger partial charge in [-0.2, -0.15) is 5.10 Å². The quantitative estimate of drug-likeness (QED) is 0.285. The number of pyridine rings is 1. The van der Waals surface area contributed by atoms with Crippen molar-refractivity contribution in [2.24, 2.45) is 0 Å². The van der Waals surface area contributed by atoms with Gasteiger partial charge in [0.25, 0.3) is 11.5 Å². The minimum Gasteiger partial charge on any atom is -0.341 e. The Kier molecular flexibility index (Phi) is 8.41. The molecule has 3 aromatic heterocycles. The topological polar surface area (TPSA) is 97.9 Å². The monoisotopic (exact) mass is 609 g/mol. The van der Waals surface area contributed by atoms with Crippen molar-refractivity contribution in [3.05, 3.63) is 98.9 Å². The van der Waals surface area contributed by atoms with Crippen molar-refractivity contribution in [1.29, 1.82) is 0 Å². The predicted octanol–water partition coefficient (Wildman–Crippen LogP) is 4.52. The maximum absolute atomic E-state index is 13.7. The fourth-order valence-electron chi connectivity index (χ4n) is 6.03. The van der Waals surface area contributed by atoms with E-state index in [1.54, 1.807) is 6.92 Å². The molecule has 1 fully saturated rings. The van der Waals surface area contributed by atoms with E-state index in [1.165, 1.54) is 12.1 Å². The maximum Gasteiger partial charge on any atom is 0.279 e. The number of imidazole rings is 1. The molecule has 1 aliphatic rings. The van der Waals surface area contributed by atoms with Gasteiger partial charge < -0.3 is 14.8 Å². The number of benzene rings is 2. The number of likely N-dealkylation sites (tertiary alicyclic amines) is 1. The van der Waals surface area contributed by atoms with Gasteiger partial charge in [0, 0.05) is 30.1 Å². The van der Waals surface area contributed by atoms with Crippen LogP contribution < -0.4 is 10.9 Å². The smallest absolute Gasteiger partial charge is 0.279 e. The lowest BCUT2D eigenvalue weighted by atomic mass is 10.0. The van der Waals surface area contributed by atoms with Gasteiger partial charge in [0.1, 0.15) is 16.9 Å². The molecule has 0 aliphatic carbocycles. The average Bonchev–Trinajstić information content (AvgIpc) is 3.38. The van der Waals surface area contributed by atoms with Crippen LogP contribution in [0.1, 0.15) is 58.8 Å². The van der Waals surface area contributed by atoms with Gasteiger partial charge in [-0.3, -0.25) is 14.6 Å². The first-order valence-electron chi connectivity index (χ1n) is 15.0. The molecule has 230 valence electrons. The van der Waals surface area contributed by atoms with Crippen LogP contribution in [-0.2, 0) is 6.54 Å². The Morgan fingerprint density at radius 3 is 2.60 bits per heavy atom. The van der Waals surface area contributed by atoms with Gasteiger partial charge in [-0.1, -0.05) is 24.8 Å². The SMILES string of the molecule is CCN1CCC(n2c(C)nc3cnc4ccc(C#CCNC(=O)c5cc(C)nn(Cc6ccc(F)c(F)c6)c5=O)cc4c32)CC1. The zero-order valence-electron chi connectivity index (χ0n) is 25.4. The van der Waals surface area contributed by atoms with Gasteiger partial charge in [-0.15, -0.1) is 0 Å². The van der Waals surface area contributed by atoms with Crippen LogP contribution >= 0.6 is 0 Å². The second-order valence-electron chi connectivity index (χ2n) is 11.3. The number of carbonyl (C=O) groups excluding carboxylic acids is 1. The summed E-state index contributed by atoms with van der Waals surface area (Å²) in [5.74, 6) is 4.46. The van der Waals surface area contributed by atoms with Crippen molar-refractivity contribution in [2.45, 2.75) is 46.2 Å². The molecule has 0 atom stereocenters. The van der Waals surface area contributed by atoms with Crippen LogP contribution in [0.2, 0.25) is 0 Å². The lowest BCUT2D eigenvalue weighted by Gasteiger charge is -2.32. The molecule has 4 heterocycles. The van der Waals surface area contributed by atoms with Crippen molar-refractivity contribution in [3.63, 3.8) is 0 Å². The fourth-order valence-corrected chi connectivity index (χ4v) is 6.03. The number of carbonyl (C=O) groups is 1. The number of aryl methyl sites for hydroxylation is 2. The number of aromatic nitrogens is 5. The fraction of sp³-hybridized carbons (Fsp3) is 0.324. The Balaban J connectivity index is 1.20. The summed E-state index contributed by atoms with van der Waals surface area (Å²) in [5.41, 5.74) is 3.57. The summed E-state index contributed by atoms with van der Waals surface area (Å²) < 4.78 is 30.4. The van der Waals surface area contributed by atoms with Crippen LogP contribution in [0.25, 0.3) is 21.9 Å². The molecule has 2 aromatic carbocycles. The Morgan fingerprint density at radius 2 is 1.84 bits per heavy atom. The molecule has 45 heavy (non-hydrogen) atoms. The normalized spacial score (nSPS) is 14.1. The molecule has 0 bridgehead atoms. The second kappa shape index (κ2) is 12.6. The van der Waals surface area contributed by atoms with Gasteiger partial charge >= 0.3 is 0 Å². The van der Waals surface area contributed by atoms with Gasteiger partial charge in [0.2, 0.25) is 0 Å². The van der Waals surface area contributed by atoms with Gasteiger partial charge in [0.15, 0.2) is 11.6 Å². The van der Waals surface area contributed by atoms with Crippen molar-refractivity contribution in [2.75, 3.05) is 26.2 Å². The molecule has 1 amide bonds. The molecule has 1 aliphatic heterocycles. The number of amides is 1. The standard InChI is InChI=1S/C34H33F2N7O2/c1-4-41-14-11-25(12-15-41)43-22(3)39-31-19-38-30-10-8-23(17-26(30)32(31)43)6-5-13-37-33(44)27-16-21(2)40-42(34(27)45)20-24-7-9-28(35)29(36)18-24/h7-10,16-19,25H,4,11-15,20H2,1-3H3,(H,37,44). The minimum absolute atomic E-state index is 0.0103. The van der Waals surface area contributed by atoms with Crippen LogP contribution in [0.5, 0.6) is 0 Å². The van der Waals surface area contributed by atoms with Crippen molar-refractivity contribution in [3.8, 4) is 11.8 Å². The highest BCUT2D eigenvalue weighted by atomic mass is 19.2. The number of rotatable bonds is 6. The number of nitrogens with zero attached hydrogens (tertiary/aromatic N) is 6. The third kappa shape index (κ3) is 6.19. The van der Waals surface area contributed by atoms with Crippen LogP contribution in [0, 0.1) is 37.3 Å². The number of piperidine rings is 1. The van der Waals surface area contributed by atoms with E-state index in [0.29, 0.717) is 17.3 Å². The molecular weight excluding hydrogens is 576 g/mol. The minimum atomic E-state index is -1.02. The number of fused-ring (bicyclic) bond motifs is 3. The first-order chi connectivity index (χ1) is 21.7. The predicted molar refractivity (Wildman–Crippen MR) is 168 cm³/mol. The van der Waals surface area contributed by atoms with Crippen LogP contribution in [0.4, 0.5) is 8.78 Å². The first-order valence-corrected chi connectivity index (χ1v) is 15.0. The van der Waals surface area contributed by atoms with Crippen LogP contribution in [0.15, 0.2) is 53.5 Å². The maximum atomic E-state index is 13.7. The molecular formula is C34H33F2N7O2. The van der Waals surface area contributed by atoms with E-state index >= 15 is 0 Å². The molecule has 0 unspecified atom stereocenters. The Morgan fingerprint density at radius 1 is 1.04 bits per heavy atom. The summed E-state index contributed by atoms with van der Waals surface area (Å²) in [6, 6.07) is 11.0. The van der Waals surface area contributed by atoms with Crippen molar-refractivity contribution in [1.82, 2.24) is 34.5 Å². The second-order valence-corrected chi connectivity index (χ2v) is 11.3. The number of hydrogen-bond acceptors (Lipinski definition) is 6. The molecule has 0 spiro atoms. The Bertz CT molecular complexity index is 2050. The molecule has 5 aromatic rings. The zero-order chi connectivity index (χ0) is 31.7.